The van der Waals surface area contributed by atoms with E-state index in [1.54, 1.807) is 0 Å². The summed E-state index contributed by atoms with van der Waals surface area (Å²) in [5.41, 5.74) is 5.01. The molecule has 0 saturated carbocycles. The van der Waals surface area contributed by atoms with Crippen LogP contribution in [0.15, 0.2) is 30.6 Å². The number of nitrogens with one attached hydrogen (secondary N) is 1. The van der Waals surface area contributed by atoms with Crippen molar-refractivity contribution in [2.45, 2.75) is 0 Å². The zero-order valence-electron chi connectivity index (χ0n) is 11.9. The number of carbonyl (C=O) groups is 2. The molecule has 0 atom stereocenters. The van der Waals surface area contributed by atoms with Crippen LogP contribution in [0.1, 0.15) is 10.5 Å². The van der Waals surface area contributed by atoms with E-state index in [4.69, 9.17) is 22.1 Å². The summed E-state index contributed by atoms with van der Waals surface area (Å²) in [7, 11) is 0. The fraction of sp³-hybridized carbons (Fsp3) is 0.0769. The van der Waals surface area contributed by atoms with Crippen LogP contribution in [0.5, 0.6) is 0 Å². The van der Waals surface area contributed by atoms with Gasteiger partial charge in [-0.15, -0.1) is 0 Å². The Labute approximate surface area is 139 Å². The highest BCUT2D eigenvalue weighted by Crippen LogP contribution is 2.27. The number of carbonyl (C=O) groups excluding carboxylic acids is 2. The maximum absolute atomic E-state index is 11.7. The van der Waals surface area contributed by atoms with Crippen molar-refractivity contribution < 1.29 is 19.2 Å². The predicted molar refractivity (Wildman–Crippen MR) is 83.5 cm³/mol. The highest BCUT2D eigenvalue weighted by molar-refractivity contribution is 6.32. The van der Waals surface area contributed by atoms with Gasteiger partial charge in [-0.2, -0.15) is 0 Å². The van der Waals surface area contributed by atoms with Crippen LogP contribution in [0.4, 0.5) is 17.2 Å². The average molecular weight is 352 g/mol. The number of halogens is 1. The summed E-state index contributed by atoms with van der Waals surface area (Å²) in [4.78, 5) is 40.9. The first-order chi connectivity index (χ1) is 11.4. The number of nitrogens with zero attached hydrogens (tertiary/aromatic N) is 3. The second-order valence-electron chi connectivity index (χ2n) is 4.34. The first-order valence-electron chi connectivity index (χ1n) is 6.36. The summed E-state index contributed by atoms with van der Waals surface area (Å²) in [6, 6.07) is 3.72. The number of benzene rings is 1. The van der Waals surface area contributed by atoms with E-state index in [9.17, 15) is 19.7 Å². The fourth-order valence-electron chi connectivity index (χ4n) is 1.63. The van der Waals surface area contributed by atoms with E-state index in [-0.39, 0.29) is 27.9 Å². The topological polar surface area (TPSA) is 150 Å². The van der Waals surface area contributed by atoms with Gasteiger partial charge in [0.1, 0.15) is 5.02 Å². The van der Waals surface area contributed by atoms with Crippen LogP contribution in [0.25, 0.3) is 0 Å². The van der Waals surface area contributed by atoms with Crippen LogP contribution in [-0.2, 0) is 9.53 Å². The zero-order valence-corrected chi connectivity index (χ0v) is 12.7. The van der Waals surface area contributed by atoms with Gasteiger partial charge < -0.3 is 15.8 Å². The third kappa shape index (κ3) is 4.14. The molecule has 11 heteroatoms. The Morgan fingerprint density at radius 2 is 2.04 bits per heavy atom. The van der Waals surface area contributed by atoms with E-state index in [2.05, 4.69) is 15.3 Å². The normalized spacial score (nSPS) is 10.0. The molecule has 124 valence electrons. The Hall–Kier alpha value is -3.27. The van der Waals surface area contributed by atoms with Crippen molar-refractivity contribution in [1.82, 2.24) is 9.97 Å². The number of rotatable bonds is 5. The van der Waals surface area contributed by atoms with Gasteiger partial charge in [-0.25, -0.2) is 14.8 Å². The number of hydrogen-bond acceptors (Lipinski definition) is 8. The van der Waals surface area contributed by atoms with Crippen molar-refractivity contribution in [3.63, 3.8) is 0 Å². The SMILES string of the molecule is Nc1nccnc1C(=O)OCC(=O)Nc1ccc(Cl)c([N+](=O)[O-])c1. The van der Waals surface area contributed by atoms with Crippen molar-refractivity contribution in [2.75, 3.05) is 17.7 Å². The van der Waals surface area contributed by atoms with Gasteiger partial charge in [-0.1, -0.05) is 11.6 Å². The van der Waals surface area contributed by atoms with Crippen LogP contribution in [0.2, 0.25) is 5.02 Å². The molecule has 1 aromatic carbocycles. The molecule has 0 spiro atoms. The Morgan fingerprint density at radius 3 is 2.71 bits per heavy atom. The van der Waals surface area contributed by atoms with Crippen LogP contribution >= 0.6 is 11.6 Å². The number of esters is 1. The van der Waals surface area contributed by atoms with E-state index in [1.165, 1.54) is 24.5 Å². The molecule has 0 aliphatic rings. The summed E-state index contributed by atoms with van der Waals surface area (Å²) in [5, 5.41) is 13.1. The number of nitro groups is 1. The van der Waals surface area contributed by atoms with E-state index in [1.807, 2.05) is 0 Å². The monoisotopic (exact) mass is 351 g/mol. The molecule has 0 saturated heterocycles. The number of anilines is 2. The quantitative estimate of drug-likeness (QED) is 0.466. The lowest BCUT2D eigenvalue weighted by Gasteiger charge is -2.07. The number of nitrogen functional groups attached to an aromatic ring is 1. The minimum absolute atomic E-state index is 0.0671. The lowest BCUT2D eigenvalue weighted by molar-refractivity contribution is -0.384. The van der Waals surface area contributed by atoms with Crippen LogP contribution < -0.4 is 11.1 Å². The number of nitrogens with two attached hydrogens (primary N) is 1. The van der Waals surface area contributed by atoms with Gasteiger partial charge in [0.15, 0.2) is 18.1 Å². The van der Waals surface area contributed by atoms with Crippen LogP contribution in [0.3, 0.4) is 0 Å². The molecule has 3 N–H and O–H groups in total. The lowest BCUT2D eigenvalue weighted by atomic mass is 10.3. The third-order valence-electron chi connectivity index (χ3n) is 2.68. The van der Waals surface area contributed by atoms with Gasteiger partial charge >= 0.3 is 5.97 Å². The summed E-state index contributed by atoms with van der Waals surface area (Å²) < 4.78 is 4.75. The van der Waals surface area contributed by atoms with Gasteiger partial charge in [0.05, 0.1) is 4.92 Å². The van der Waals surface area contributed by atoms with Gasteiger partial charge in [-0.3, -0.25) is 14.9 Å². The van der Waals surface area contributed by atoms with Crippen LogP contribution in [-0.4, -0.2) is 33.4 Å². The minimum atomic E-state index is -0.919. The van der Waals surface area contributed by atoms with Gasteiger partial charge in [0.2, 0.25) is 0 Å². The minimum Gasteiger partial charge on any atom is -0.451 e. The first kappa shape index (κ1) is 17.1. The molecule has 0 radical (unpaired) electrons. The van der Waals surface area contributed by atoms with E-state index in [0.29, 0.717) is 0 Å². The molecule has 0 bridgehead atoms. The number of ether oxygens (including phenoxy) is 1. The van der Waals surface area contributed by atoms with E-state index in [0.717, 1.165) is 6.07 Å². The Bertz CT molecular complexity index is 813. The van der Waals surface area contributed by atoms with Crippen molar-refractivity contribution in [3.8, 4) is 0 Å². The molecule has 0 unspecified atom stereocenters. The maximum atomic E-state index is 11.7. The zero-order chi connectivity index (χ0) is 17.7. The molecular weight excluding hydrogens is 342 g/mol. The van der Waals surface area contributed by atoms with Gasteiger partial charge in [0, 0.05) is 24.1 Å². The highest BCUT2D eigenvalue weighted by atomic mass is 35.5. The molecule has 2 aromatic rings. The largest absolute Gasteiger partial charge is 0.451 e. The Balaban J connectivity index is 1.97. The molecule has 1 heterocycles. The van der Waals surface area contributed by atoms with Crippen molar-refractivity contribution in [1.29, 1.82) is 0 Å². The molecule has 10 nitrogen and oxygen atoms in total. The molecule has 0 fully saturated rings. The van der Waals surface area contributed by atoms with Crippen LogP contribution in [0, 0.1) is 10.1 Å². The summed E-state index contributed by atoms with van der Waals surface area (Å²) >= 11 is 5.66. The van der Waals surface area contributed by atoms with E-state index < -0.39 is 23.4 Å². The van der Waals surface area contributed by atoms with Crippen molar-refractivity contribution in [2.24, 2.45) is 0 Å². The smallest absolute Gasteiger partial charge is 0.361 e. The molecular formula is C13H10ClN5O5. The third-order valence-corrected chi connectivity index (χ3v) is 3.00. The predicted octanol–water partition coefficient (Wildman–Crippen LogP) is 1.42. The number of aromatic nitrogens is 2. The second-order valence-corrected chi connectivity index (χ2v) is 4.74. The van der Waals surface area contributed by atoms with E-state index >= 15 is 0 Å². The molecule has 24 heavy (non-hydrogen) atoms. The lowest BCUT2D eigenvalue weighted by Crippen LogP contribution is -2.22. The van der Waals surface area contributed by atoms with Gasteiger partial charge in [-0.05, 0) is 12.1 Å². The summed E-state index contributed by atoms with van der Waals surface area (Å²) in [5.74, 6) is -1.75. The fourth-order valence-corrected chi connectivity index (χ4v) is 1.82. The molecule has 0 aliphatic carbocycles. The average Bonchev–Trinajstić information content (AvgIpc) is 2.54. The Morgan fingerprint density at radius 1 is 1.33 bits per heavy atom. The first-order valence-corrected chi connectivity index (χ1v) is 6.73. The molecule has 2 rings (SSSR count). The number of amides is 1. The van der Waals surface area contributed by atoms with Gasteiger partial charge in [0.25, 0.3) is 11.6 Å². The molecule has 1 amide bonds. The molecule has 1 aromatic heterocycles. The van der Waals surface area contributed by atoms with Crippen molar-refractivity contribution >= 4 is 40.7 Å². The number of hydrogen-bond donors (Lipinski definition) is 2. The number of nitro benzene ring substituents is 1. The summed E-state index contributed by atoms with van der Waals surface area (Å²) in [6.45, 7) is -0.634. The highest BCUT2D eigenvalue weighted by Gasteiger charge is 2.17. The summed E-state index contributed by atoms with van der Waals surface area (Å²) in [6.07, 6.45) is 2.55. The maximum Gasteiger partial charge on any atom is 0.361 e. The Kier molecular flexibility index (Phi) is 5.22. The molecule has 0 aliphatic heterocycles. The standard InChI is InChI=1S/C13H10ClN5O5/c14-8-2-1-7(5-9(8)19(22)23)18-10(20)6-24-13(21)11-12(15)17-4-3-16-11/h1-5H,6H2,(H2,15,17)(H,18,20). The second kappa shape index (κ2) is 7.33. The van der Waals surface area contributed by atoms with Crippen molar-refractivity contribution in [3.05, 3.63) is 51.4 Å².